The van der Waals surface area contributed by atoms with Gasteiger partial charge in [0.1, 0.15) is 0 Å². The summed E-state index contributed by atoms with van der Waals surface area (Å²) in [6.07, 6.45) is 27.0. The minimum absolute atomic E-state index is 0.264. The average Bonchev–Trinajstić information content (AvgIpc) is 2.57. The molecule has 0 aromatic carbocycles. The van der Waals surface area contributed by atoms with Gasteiger partial charge in [0.25, 0.3) is 0 Å². The lowest BCUT2D eigenvalue weighted by atomic mass is 10.0. The molecule has 23 heavy (non-hydrogen) atoms. The van der Waals surface area contributed by atoms with Crippen LogP contribution in [-0.4, -0.2) is 9.52 Å². The summed E-state index contributed by atoms with van der Waals surface area (Å²) >= 11 is 0. The summed E-state index contributed by atoms with van der Waals surface area (Å²) in [6, 6.07) is 3.06. The van der Waals surface area contributed by atoms with Crippen LogP contribution in [0.3, 0.4) is 0 Å². The van der Waals surface area contributed by atoms with Crippen LogP contribution >= 0.6 is 0 Å². The number of allylic oxidation sites excluding steroid dienone is 1. The molecule has 0 aliphatic heterocycles. The third kappa shape index (κ3) is 22.0. The first-order chi connectivity index (χ1) is 11.4. The molecule has 138 valence electrons. The van der Waals surface area contributed by atoms with Crippen molar-refractivity contribution >= 4 is 9.52 Å². The van der Waals surface area contributed by atoms with Gasteiger partial charge in [-0.2, -0.15) is 0 Å². The van der Waals surface area contributed by atoms with Crippen molar-refractivity contribution in [3.05, 3.63) is 12.7 Å². The molecule has 0 aromatic heterocycles. The second-order valence-corrected chi connectivity index (χ2v) is 9.56. The van der Waals surface area contributed by atoms with E-state index in [1.165, 1.54) is 115 Å². The van der Waals surface area contributed by atoms with E-state index in [4.69, 9.17) is 0 Å². The Bertz CT molecular complexity index is 212. The molecule has 0 atom stereocenters. The van der Waals surface area contributed by atoms with Gasteiger partial charge in [-0.05, 0) is 6.42 Å². The van der Waals surface area contributed by atoms with Crippen LogP contribution in [0.2, 0.25) is 12.1 Å². The zero-order chi connectivity index (χ0) is 16.8. The van der Waals surface area contributed by atoms with E-state index < -0.39 is 0 Å². The molecule has 0 nitrogen and oxygen atoms in total. The molecule has 0 fully saturated rings. The normalized spacial score (nSPS) is 11.5. The largest absolute Gasteiger partial charge is 0.103 e. The molecule has 0 spiro atoms. The monoisotopic (exact) mass is 338 g/mol. The molecule has 0 saturated carbocycles. The van der Waals surface area contributed by atoms with Crippen molar-refractivity contribution in [3.8, 4) is 0 Å². The number of rotatable bonds is 20. The van der Waals surface area contributed by atoms with Crippen molar-refractivity contribution in [3.63, 3.8) is 0 Å². The SMILES string of the molecule is C=CCC[SiH2]CCCCCCCCCCCCCCCCCC. The molecule has 0 rings (SSSR count). The molecule has 0 heterocycles. The average molecular weight is 339 g/mol. The predicted molar refractivity (Wildman–Crippen MR) is 113 cm³/mol. The fraction of sp³-hybridized carbons (Fsp3) is 0.909. The van der Waals surface area contributed by atoms with E-state index in [-0.39, 0.29) is 9.52 Å². The van der Waals surface area contributed by atoms with Crippen LogP contribution in [0.15, 0.2) is 12.7 Å². The molecular formula is C22H46Si. The number of hydrogen-bond acceptors (Lipinski definition) is 0. The van der Waals surface area contributed by atoms with E-state index in [2.05, 4.69) is 19.6 Å². The van der Waals surface area contributed by atoms with Crippen molar-refractivity contribution in [1.82, 2.24) is 0 Å². The second-order valence-electron chi connectivity index (χ2n) is 7.44. The fourth-order valence-electron chi connectivity index (χ4n) is 3.37. The highest BCUT2D eigenvalue weighted by Gasteiger charge is 1.95. The van der Waals surface area contributed by atoms with Gasteiger partial charge in [-0.3, -0.25) is 0 Å². The van der Waals surface area contributed by atoms with Crippen LogP contribution in [0.1, 0.15) is 116 Å². The van der Waals surface area contributed by atoms with Gasteiger partial charge in [0.05, 0.1) is 0 Å². The van der Waals surface area contributed by atoms with E-state index in [0.29, 0.717) is 0 Å². The molecule has 0 amide bonds. The topological polar surface area (TPSA) is 0 Å². The molecule has 1 heteroatoms. The Balaban J connectivity index is 2.93. The summed E-state index contributed by atoms with van der Waals surface area (Å²) in [5.41, 5.74) is 0. The molecule has 0 N–H and O–H groups in total. The Kier molecular flexibility index (Phi) is 21.9. The first kappa shape index (κ1) is 23.0. The lowest BCUT2D eigenvalue weighted by molar-refractivity contribution is 0.531. The minimum atomic E-state index is 0.264. The highest BCUT2D eigenvalue weighted by atomic mass is 28.2. The van der Waals surface area contributed by atoms with Gasteiger partial charge in [0.2, 0.25) is 0 Å². The zero-order valence-electron chi connectivity index (χ0n) is 16.4. The van der Waals surface area contributed by atoms with Crippen LogP contribution in [-0.2, 0) is 0 Å². The van der Waals surface area contributed by atoms with Gasteiger partial charge in [0.15, 0.2) is 0 Å². The first-order valence-electron chi connectivity index (χ1n) is 11.0. The lowest BCUT2D eigenvalue weighted by Crippen LogP contribution is -1.88. The molecular weight excluding hydrogens is 292 g/mol. The summed E-state index contributed by atoms with van der Waals surface area (Å²) < 4.78 is 0. The zero-order valence-corrected chi connectivity index (χ0v) is 17.8. The highest BCUT2D eigenvalue weighted by molar-refractivity contribution is 6.35. The summed E-state index contributed by atoms with van der Waals surface area (Å²) in [5, 5.41) is 0. The van der Waals surface area contributed by atoms with Crippen LogP contribution in [0.25, 0.3) is 0 Å². The molecule has 0 aliphatic rings. The van der Waals surface area contributed by atoms with Gasteiger partial charge < -0.3 is 0 Å². The van der Waals surface area contributed by atoms with Gasteiger partial charge in [-0.15, -0.1) is 6.58 Å². The number of unbranched alkanes of at least 4 members (excludes halogenated alkanes) is 15. The molecule has 0 aromatic rings. The van der Waals surface area contributed by atoms with E-state index in [1.807, 2.05) is 0 Å². The van der Waals surface area contributed by atoms with Crippen LogP contribution < -0.4 is 0 Å². The van der Waals surface area contributed by atoms with Gasteiger partial charge in [0, 0.05) is 9.52 Å². The van der Waals surface area contributed by atoms with Crippen LogP contribution in [0.4, 0.5) is 0 Å². The smallest absolute Gasteiger partial charge is 0.0201 e. The summed E-state index contributed by atoms with van der Waals surface area (Å²) in [6.45, 7) is 6.10. The molecule has 0 bridgehead atoms. The van der Waals surface area contributed by atoms with Crippen LogP contribution in [0.5, 0.6) is 0 Å². The third-order valence-corrected chi connectivity index (χ3v) is 6.92. The van der Waals surface area contributed by atoms with E-state index in [1.54, 1.807) is 6.04 Å². The molecule has 0 unspecified atom stereocenters. The summed E-state index contributed by atoms with van der Waals surface area (Å²) in [7, 11) is 0.264. The maximum absolute atomic E-state index is 3.80. The Labute approximate surface area is 150 Å². The van der Waals surface area contributed by atoms with Crippen molar-refractivity contribution in [2.75, 3.05) is 0 Å². The van der Waals surface area contributed by atoms with Crippen LogP contribution in [0, 0.1) is 0 Å². The number of hydrogen-bond donors (Lipinski definition) is 0. The second kappa shape index (κ2) is 22.0. The highest BCUT2D eigenvalue weighted by Crippen LogP contribution is 2.14. The van der Waals surface area contributed by atoms with E-state index >= 15 is 0 Å². The van der Waals surface area contributed by atoms with Gasteiger partial charge in [-0.25, -0.2) is 0 Å². The Morgan fingerprint density at radius 1 is 0.565 bits per heavy atom. The van der Waals surface area contributed by atoms with Crippen molar-refractivity contribution in [2.24, 2.45) is 0 Å². The third-order valence-electron chi connectivity index (χ3n) is 5.01. The van der Waals surface area contributed by atoms with Crippen molar-refractivity contribution in [1.29, 1.82) is 0 Å². The maximum Gasteiger partial charge on any atom is 0.0201 e. The maximum atomic E-state index is 3.80. The molecule has 0 radical (unpaired) electrons. The van der Waals surface area contributed by atoms with Crippen molar-refractivity contribution < 1.29 is 0 Å². The Morgan fingerprint density at radius 3 is 1.35 bits per heavy atom. The van der Waals surface area contributed by atoms with E-state index in [9.17, 15) is 0 Å². The summed E-state index contributed by atoms with van der Waals surface area (Å²) in [5.74, 6) is 0. The van der Waals surface area contributed by atoms with Gasteiger partial charge >= 0.3 is 0 Å². The Morgan fingerprint density at radius 2 is 0.957 bits per heavy atom. The van der Waals surface area contributed by atoms with E-state index in [0.717, 1.165) is 0 Å². The molecule has 0 aliphatic carbocycles. The fourth-order valence-corrected chi connectivity index (χ4v) is 5.01. The molecule has 0 saturated heterocycles. The quantitative estimate of drug-likeness (QED) is 0.120. The van der Waals surface area contributed by atoms with Gasteiger partial charge in [-0.1, -0.05) is 128 Å². The lowest BCUT2D eigenvalue weighted by Gasteiger charge is -2.03. The van der Waals surface area contributed by atoms with Crippen molar-refractivity contribution in [2.45, 2.75) is 128 Å². The minimum Gasteiger partial charge on any atom is -0.103 e. The predicted octanol–water partition coefficient (Wildman–Crippen LogP) is 7.83. The Hall–Kier alpha value is -0.0431. The standard InChI is InChI=1S/C22H46Si/c1-3-5-7-8-9-10-11-12-13-14-15-16-17-18-19-20-22-23-21-6-4-2/h4H,2-3,5-23H2,1H3. The first-order valence-corrected chi connectivity index (χ1v) is 13.0. The summed E-state index contributed by atoms with van der Waals surface area (Å²) in [4.78, 5) is 0.